The molecule has 0 amide bonds. The van der Waals surface area contributed by atoms with Crippen molar-refractivity contribution in [2.24, 2.45) is 5.92 Å². The van der Waals surface area contributed by atoms with Crippen LogP contribution in [0.5, 0.6) is 11.5 Å². The van der Waals surface area contributed by atoms with E-state index in [4.69, 9.17) is 4.74 Å². The Morgan fingerprint density at radius 1 is 0.833 bits per heavy atom. The highest BCUT2D eigenvalue weighted by Gasteiger charge is 2.24. The summed E-state index contributed by atoms with van der Waals surface area (Å²) in [4.78, 5) is 13.5. The summed E-state index contributed by atoms with van der Waals surface area (Å²) >= 11 is 0. The van der Waals surface area contributed by atoms with Crippen LogP contribution in [0.4, 0.5) is 5.69 Å². The number of aryl methyl sites for hydroxylation is 1. The van der Waals surface area contributed by atoms with Crippen molar-refractivity contribution in [1.82, 2.24) is 0 Å². The van der Waals surface area contributed by atoms with Crippen molar-refractivity contribution in [3.8, 4) is 11.5 Å². The van der Waals surface area contributed by atoms with Crippen molar-refractivity contribution >= 4 is 23.1 Å². The zero-order chi connectivity index (χ0) is 24.5. The summed E-state index contributed by atoms with van der Waals surface area (Å²) in [5, 5.41) is 10.2. The summed E-state index contributed by atoms with van der Waals surface area (Å²) in [5.41, 5.74) is 8.65. The number of nitrogens with zero attached hydrogens (tertiary/aromatic N) is 1. The number of anilines is 1. The van der Waals surface area contributed by atoms with Gasteiger partial charge < -0.3 is 19.5 Å². The fourth-order valence-corrected chi connectivity index (χ4v) is 5.64. The van der Waals surface area contributed by atoms with Gasteiger partial charge in [-0.15, -0.1) is 0 Å². The number of carbonyl (C=O) groups is 1. The lowest BCUT2D eigenvalue weighted by atomic mass is 9.87. The number of phenols is 1. The number of allylic oxidation sites excluding steroid dienone is 1. The van der Waals surface area contributed by atoms with Gasteiger partial charge in [-0.05, 0) is 115 Å². The van der Waals surface area contributed by atoms with Gasteiger partial charge in [0.1, 0.15) is 17.8 Å². The van der Waals surface area contributed by atoms with Gasteiger partial charge in [0.25, 0.3) is 0 Å². The number of rotatable bonds is 6. The van der Waals surface area contributed by atoms with Crippen LogP contribution in [-0.2, 0) is 11.2 Å². The molecule has 6 rings (SSSR count). The molecule has 2 fully saturated rings. The highest BCUT2D eigenvalue weighted by Crippen LogP contribution is 2.41. The maximum atomic E-state index is 11.1. The number of fused-ring (bicyclic) bond motifs is 1. The third kappa shape index (κ3) is 4.77. The minimum absolute atomic E-state index is 0.202. The lowest BCUT2D eigenvalue weighted by Crippen LogP contribution is -2.34. The van der Waals surface area contributed by atoms with Gasteiger partial charge in [0, 0.05) is 24.7 Å². The monoisotopic (exact) mass is 479 g/mol. The second kappa shape index (κ2) is 9.85. The predicted molar refractivity (Wildman–Crippen MR) is 144 cm³/mol. The first kappa shape index (κ1) is 22.9. The molecule has 4 heteroatoms. The lowest BCUT2D eigenvalue weighted by Gasteiger charge is -2.31. The van der Waals surface area contributed by atoms with Gasteiger partial charge in [-0.3, -0.25) is 0 Å². The van der Waals surface area contributed by atoms with Crippen molar-refractivity contribution in [2.45, 2.75) is 51.0 Å². The van der Waals surface area contributed by atoms with Crippen LogP contribution in [0.1, 0.15) is 60.8 Å². The van der Waals surface area contributed by atoms with E-state index in [0.717, 1.165) is 70.1 Å². The zero-order valence-corrected chi connectivity index (χ0v) is 20.7. The molecule has 0 bridgehead atoms. The van der Waals surface area contributed by atoms with E-state index in [2.05, 4.69) is 59.5 Å². The van der Waals surface area contributed by atoms with Crippen LogP contribution in [0, 0.1) is 5.92 Å². The van der Waals surface area contributed by atoms with Crippen LogP contribution in [0.25, 0.3) is 11.1 Å². The molecular weight excluding hydrogens is 446 g/mol. The topological polar surface area (TPSA) is 49.8 Å². The molecule has 36 heavy (non-hydrogen) atoms. The summed E-state index contributed by atoms with van der Waals surface area (Å²) in [7, 11) is 0. The first-order valence-electron chi connectivity index (χ1n) is 13.3. The maximum absolute atomic E-state index is 11.1. The zero-order valence-electron chi connectivity index (χ0n) is 20.7. The molecule has 3 aromatic rings. The van der Waals surface area contributed by atoms with E-state index in [9.17, 15) is 9.90 Å². The molecule has 1 N–H and O–H groups in total. The number of benzene rings is 3. The molecule has 0 atom stereocenters. The number of carbonyl (C=O) groups excluding carboxylic acids is 1. The van der Waals surface area contributed by atoms with Crippen molar-refractivity contribution in [1.29, 1.82) is 0 Å². The molecule has 1 heterocycles. The minimum atomic E-state index is 0.202. The Morgan fingerprint density at radius 2 is 1.56 bits per heavy atom. The maximum Gasteiger partial charge on any atom is 0.123 e. The molecular formula is C32H33NO3. The standard InChI is InChI=1S/C32H33NO3/c34-21-22-16-18-33(19-17-22)26-8-4-24(5-9-26)32-30(3-1-2-25-20-27(35)10-15-31(25)32)23-6-11-28(12-7-23)36-29-13-14-29/h4-12,15,20-22,29,35H,1-3,13-14,16-19H2. The van der Waals surface area contributed by atoms with E-state index >= 15 is 0 Å². The van der Waals surface area contributed by atoms with Gasteiger partial charge in [0.15, 0.2) is 0 Å². The van der Waals surface area contributed by atoms with Gasteiger partial charge in [0.05, 0.1) is 6.10 Å². The predicted octanol–water partition coefficient (Wildman–Crippen LogP) is 6.64. The normalized spacial score (nSPS) is 18.5. The van der Waals surface area contributed by atoms with Crippen molar-refractivity contribution < 1.29 is 14.6 Å². The molecule has 0 aromatic heterocycles. The number of hydrogen-bond donors (Lipinski definition) is 1. The molecule has 3 aliphatic rings. The quantitative estimate of drug-likeness (QED) is 0.403. The number of ether oxygens (including phenoxy) is 1. The number of piperidine rings is 1. The van der Waals surface area contributed by atoms with E-state index < -0.39 is 0 Å². The van der Waals surface area contributed by atoms with E-state index in [-0.39, 0.29) is 5.92 Å². The van der Waals surface area contributed by atoms with E-state index in [0.29, 0.717) is 11.9 Å². The fraction of sp³-hybridized carbons (Fsp3) is 0.344. The Kier molecular flexibility index (Phi) is 6.27. The molecule has 3 aromatic carbocycles. The minimum Gasteiger partial charge on any atom is -0.508 e. The largest absolute Gasteiger partial charge is 0.508 e. The molecule has 4 nitrogen and oxygen atoms in total. The van der Waals surface area contributed by atoms with Crippen LogP contribution in [-0.4, -0.2) is 30.6 Å². The number of phenolic OH excluding ortho intramolecular Hbond substituents is 1. The number of aldehydes is 1. The Balaban J connectivity index is 1.38. The average molecular weight is 480 g/mol. The second-order valence-electron chi connectivity index (χ2n) is 10.4. The molecule has 2 aliphatic carbocycles. The number of hydrogen-bond acceptors (Lipinski definition) is 4. The number of aromatic hydroxyl groups is 1. The van der Waals surface area contributed by atoms with Crippen LogP contribution in [0.3, 0.4) is 0 Å². The highest BCUT2D eigenvalue weighted by atomic mass is 16.5. The molecule has 184 valence electrons. The van der Waals surface area contributed by atoms with Crippen LogP contribution in [0.2, 0.25) is 0 Å². The Morgan fingerprint density at radius 3 is 2.25 bits per heavy atom. The first-order chi connectivity index (χ1) is 17.7. The van der Waals surface area contributed by atoms with Gasteiger partial charge in [-0.1, -0.05) is 30.3 Å². The van der Waals surface area contributed by atoms with Gasteiger partial charge >= 0.3 is 0 Å². The van der Waals surface area contributed by atoms with Crippen LogP contribution >= 0.6 is 0 Å². The summed E-state index contributed by atoms with van der Waals surface area (Å²) in [6.45, 7) is 1.85. The van der Waals surface area contributed by atoms with Gasteiger partial charge in [-0.25, -0.2) is 0 Å². The highest BCUT2D eigenvalue weighted by molar-refractivity contribution is 6.00. The summed E-state index contributed by atoms with van der Waals surface area (Å²) < 4.78 is 5.99. The first-order valence-corrected chi connectivity index (χ1v) is 13.3. The smallest absolute Gasteiger partial charge is 0.123 e. The molecule has 1 saturated heterocycles. The van der Waals surface area contributed by atoms with Crippen molar-refractivity contribution in [2.75, 3.05) is 18.0 Å². The Labute approximate surface area is 213 Å². The fourth-order valence-electron chi connectivity index (χ4n) is 5.64. The van der Waals surface area contributed by atoms with Gasteiger partial charge in [-0.2, -0.15) is 0 Å². The molecule has 0 spiro atoms. The second-order valence-corrected chi connectivity index (χ2v) is 10.4. The summed E-state index contributed by atoms with van der Waals surface area (Å²) in [6, 6.07) is 23.3. The Bertz CT molecular complexity index is 1260. The average Bonchev–Trinajstić information content (AvgIpc) is 3.75. The third-order valence-corrected chi connectivity index (χ3v) is 7.82. The van der Waals surface area contributed by atoms with Crippen LogP contribution in [0.15, 0.2) is 66.7 Å². The van der Waals surface area contributed by atoms with E-state index in [1.54, 1.807) is 6.07 Å². The molecule has 0 unspecified atom stereocenters. The molecule has 0 radical (unpaired) electrons. The van der Waals surface area contributed by atoms with Crippen molar-refractivity contribution in [3.63, 3.8) is 0 Å². The summed E-state index contributed by atoms with van der Waals surface area (Å²) in [5.74, 6) is 1.48. The van der Waals surface area contributed by atoms with Gasteiger partial charge in [0.2, 0.25) is 0 Å². The van der Waals surface area contributed by atoms with Crippen molar-refractivity contribution in [3.05, 3.63) is 89.0 Å². The third-order valence-electron chi connectivity index (χ3n) is 7.82. The summed E-state index contributed by atoms with van der Waals surface area (Å²) in [6.07, 6.45) is 8.65. The Hall–Kier alpha value is -3.53. The lowest BCUT2D eigenvalue weighted by molar-refractivity contribution is -0.111. The molecule has 1 aliphatic heterocycles. The van der Waals surface area contributed by atoms with Crippen LogP contribution < -0.4 is 9.64 Å². The van der Waals surface area contributed by atoms with E-state index in [1.807, 2.05) is 6.07 Å². The molecule has 1 saturated carbocycles. The SMILES string of the molecule is O=CC1CCN(c2ccc(C3=C(c4ccc(OC5CC5)cc4)CCCc4cc(O)ccc43)cc2)CC1. The van der Waals surface area contributed by atoms with E-state index in [1.165, 1.54) is 39.1 Å².